The van der Waals surface area contributed by atoms with Crippen molar-refractivity contribution in [1.82, 2.24) is 5.32 Å². The SMILES string of the molecule is C=C(C)CC1CCCC1CNC(C)C. The second-order valence-corrected chi connectivity index (χ2v) is 5.18. The van der Waals surface area contributed by atoms with E-state index in [4.69, 9.17) is 0 Å². The highest BCUT2D eigenvalue weighted by molar-refractivity contribution is 4.94. The molecule has 1 aliphatic rings. The van der Waals surface area contributed by atoms with Gasteiger partial charge in [0.15, 0.2) is 0 Å². The molecule has 0 saturated heterocycles. The average molecular weight is 195 g/mol. The molecule has 0 aromatic carbocycles. The molecule has 0 bridgehead atoms. The number of hydrogen-bond acceptors (Lipinski definition) is 1. The maximum Gasteiger partial charge on any atom is 0.00104 e. The average Bonchev–Trinajstić information content (AvgIpc) is 2.47. The van der Waals surface area contributed by atoms with Crippen LogP contribution >= 0.6 is 0 Å². The van der Waals surface area contributed by atoms with Gasteiger partial charge in [-0.3, -0.25) is 0 Å². The number of rotatable bonds is 5. The molecule has 1 fully saturated rings. The molecule has 1 saturated carbocycles. The Balaban J connectivity index is 2.31. The zero-order chi connectivity index (χ0) is 10.6. The smallest absolute Gasteiger partial charge is 0.00104 e. The van der Waals surface area contributed by atoms with E-state index in [0.717, 1.165) is 11.8 Å². The highest BCUT2D eigenvalue weighted by atomic mass is 14.9. The Morgan fingerprint density at radius 3 is 2.57 bits per heavy atom. The molecule has 2 atom stereocenters. The van der Waals surface area contributed by atoms with Crippen LogP contribution in [0.2, 0.25) is 0 Å². The largest absolute Gasteiger partial charge is 0.314 e. The predicted molar refractivity (Wildman–Crippen MR) is 63.4 cm³/mol. The Hall–Kier alpha value is -0.300. The third-order valence-corrected chi connectivity index (χ3v) is 3.22. The van der Waals surface area contributed by atoms with Gasteiger partial charge < -0.3 is 5.32 Å². The van der Waals surface area contributed by atoms with Gasteiger partial charge in [0.25, 0.3) is 0 Å². The van der Waals surface area contributed by atoms with Gasteiger partial charge >= 0.3 is 0 Å². The van der Waals surface area contributed by atoms with Gasteiger partial charge in [0, 0.05) is 6.04 Å². The summed E-state index contributed by atoms with van der Waals surface area (Å²) in [5.74, 6) is 1.80. The first kappa shape index (κ1) is 11.8. The first-order chi connectivity index (χ1) is 6.59. The van der Waals surface area contributed by atoms with E-state index in [9.17, 15) is 0 Å². The van der Waals surface area contributed by atoms with E-state index >= 15 is 0 Å². The molecule has 1 nitrogen and oxygen atoms in total. The summed E-state index contributed by atoms with van der Waals surface area (Å²) in [4.78, 5) is 0. The van der Waals surface area contributed by atoms with Crippen LogP contribution in [0.15, 0.2) is 12.2 Å². The fourth-order valence-corrected chi connectivity index (χ4v) is 2.49. The predicted octanol–water partition coefficient (Wildman–Crippen LogP) is 3.37. The van der Waals surface area contributed by atoms with Gasteiger partial charge in [-0.25, -0.2) is 0 Å². The Labute approximate surface area is 89.0 Å². The van der Waals surface area contributed by atoms with Gasteiger partial charge in [-0.1, -0.05) is 25.8 Å². The lowest BCUT2D eigenvalue weighted by Crippen LogP contribution is -2.30. The molecule has 2 unspecified atom stereocenters. The topological polar surface area (TPSA) is 12.0 Å². The molecule has 0 amide bonds. The number of hydrogen-bond donors (Lipinski definition) is 1. The van der Waals surface area contributed by atoms with E-state index in [1.165, 1.54) is 37.8 Å². The number of nitrogens with one attached hydrogen (secondary N) is 1. The first-order valence-electron chi connectivity index (χ1n) is 5.97. The van der Waals surface area contributed by atoms with Crippen LogP contribution in [0, 0.1) is 11.8 Å². The molecule has 0 aromatic rings. The second-order valence-electron chi connectivity index (χ2n) is 5.18. The van der Waals surface area contributed by atoms with Crippen LogP contribution in [-0.2, 0) is 0 Å². The van der Waals surface area contributed by atoms with Crippen LogP contribution in [0.1, 0.15) is 46.5 Å². The van der Waals surface area contributed by atoms with Crippen LogP contribution < -0.4 is 5.32 Å². The summed E-state index contributed by atoms with van der Waals surface area (Å²) in [5.41, 5.74) is 1.35. The van der Waals surface area contributed by atoms with Crippen LogP contribution in [0.3, 0.4) is 0 Å². The molecule has 82 valence electrons. The van der Waals surface area contributed by atoms with Gasteiger partial charge in [-0.15, -0.1) is 6.58 Å². The number of allylic oxidation sites excluding steroid dienone is 1. The summed E-state index contributed by atoms with van der Waals surface area (Å²) < 4.78 is 0. The van der Waals surface area contributed by atoms with Gasteiger partial charge in [0.05, 0.1) is 0 Å². The van der Waals surface area contributed by atoms with Crippen molar-refractivity contribution in [1.29, 1.82) is 0 Å². The van der Waals surface area contributed by atoms with E-state index in [0.29, 0.717) is 6.04 Å². The first-order valence-corrected chi connectivity index (χ1v) is 5.97. The van der Waals surface area contributed by atoms with Crippen molar-refractivity contribution in [3.63, 3.8) is 0 Å². The molecular formula is C13H25N. The highest BCUT2D eigenvalue weighted by Gasteiger charge is 2.26. The van der Waals surface area contributed by atoms with Gasteiger partial charge in [0.2, 0.25) is 0 Å². The molecule has 14 heavy (non-hydrogen) atoms. The Kier molecular flexibility index (Phi) is 4.67. The monoisotopic (exact) mass is 195 g/mol. The molecule has 0 spiro atoms. The minimum Gasteiger partial charge on any atom is -0.314 e. The van der Waals surface area contributed by atoms with Crippen LogP contribution in [0.25, 0.3) is 0 Å². The molecule has 1 N–H and O–H groups in total. The van der Waals surface area contributed by atoms with Crippen molar-refractivity contribution in [2.45, 2.75) is 52.5 Å². The molecule has 1 rings (SSSR count). The normalized spacial score (nSPS) is 27.1. The molecule has 0 radical (unpaired) electrons. The van der Waals surface area contributed by atoms with Crippen LogP contribution in [-0.4, -0.2) is 12.6 Å². The van der Waals surface area contributed by atoms with Gasteiger partial charge in [-0.2, -0.15) is 0 Å². The maximum atomic E-state index is 4.03. The van der Waals surface area contributed by atoms with Crippen molar-refractivity contribution in [2.75, 3.05) is 6.54 Å². The molecule has 0 aromatic heterocycles. The molecule has 0 aliphatic heterocycles. The minimum atomic E-state index is 0.626. The lowest BCUT2D eigenvalue weighted by molar-refractivity contribution is 0.354. The standard InChI is InChI=1S/C13H25N/c1-10(2)8-12-6-5-7-13(12)9-14-11(3)4/h11-14H,1,5-9H2,2-4H3. The molecular weight excluding hydrogens is 170 g/mol. The maximum absolute atomic E-state index is 4.03. The van der Waals surface area contributed by atoms with Gasteiger partial charge in [-0.05, 0) is 44.6 Å². The quantitative estimate of drug-likeness (QED) is 0.663. The van der Waals surface area contributed by atoms with Crippen LogP contribution in [0.5, 0.6) is 0 Å². The highest BCUT2D eigenvalue weighted by Crippen LogP contribution is 2.35. The second kappa shape index (κ2) is 5.55. The van der Waals surface area contributed by atoms with E-state index in [2.05, 4.69) is 32.7 Å². The summed E-state index contributed by atoms with van der Waals surface area (Å²) >= 11 is 0. The fourth-order valence-electron chi connectivity index (χ4n) is 2.49. The van der Waals surface area contributed by atoms with Crippen molar-refractivity contribution in [3.05, 3.63) is 12.2 Å². The zero-order valence-electron chi connectivity index (χ0n) is 9.97. The summed E-state index contributed by atoms with van der Waals surface area (Å²) in [7, 11) is 0. The van der Waals surface area contributed by atoms with E-state index in [1.54, 1.807) is 0 Å². The van der Waals surface area contributed by atoms with E-state index < -0.39 is 0 Å². The van der Waals surface area contributed by atoms with E-state index in [1.807, 2.05) is 0 Å². The minimum absolute atomic E-state index is 0.626. The Morgan fingerprint density at radius 2 is 2.00 bits per heavy atom. The van der Waals surface area contributed by atoms with Crippen molar-refractivity contribution in [3.8, 4) is 0 Å². The Morgan fingerprint density at radius 1 is 1.36 bits per heavy atom. The molecule has 0 heterocycles. The fraction of sp³-hybridized carbons (Fsp3) is 0.846. The lowest BCUT2D eigenvalue weighted by Gasteiger charge is -2.21. The molecule has 1 aliphatic carbocycles. The molecule has 1 heteroatoms. The lowest BCUT2D eigenvalue weighted by atomic mass is 9.90. The van der Waals surface area contributed by atoms with Crippen molar-refractivity contribution in [2.24, 2.45) is 11.8 Å². The third kappa shape index (κ3) is 3.83. The summed E-state index contributed by atoms with van der Waals surface area (Å²) in [5, 5.41) is 3.56. The summed E-state index contributed by atoms with van der Waals surface area (Å²) in [6, 6.07) is 0.626. The third-order valence-electron chi connectivity index (χ3n) is 3.22. The van der Waals surface area contributed by atoms with Crippen molar-refractivity contribution < 1.29 is 0 Å². The van der Waals surface area contributed by atoms with Crippen LogP contribution in [0.4, 0.5) is 0 Å². The van der Waals surface area contributed by atoms with Crippen molar-refractivity contribution >= 4 is 0 Å². The zero-order valence-corrected chi connectivity index (χ0v) is 9.97. The summed E-state index contributed by atoms with van der Waals surface area (Å²) in [6.45, 7) is 11.8. The van der Waals surface area contributed by atoms with Gasteiger partial charge in [0.1, 0.15) is 0 Å². The van der Waals surface area contributed by atoms with E-state index in [-0.39, 0.29) is 0 Å². The Bertz CT molecular complexity index is 184. The summed E-state index contributed by atoms with van der Waals surface area (Å²) in [6.07, 6.45) is 5.49.